The van der Waals surface area contributed by atoms with Crippen molar-refractivity contribution in [1.29, 1.82) is 5.26 Å². The molecule has 0 amide bonds. The predicted molar refractivity (Wildman–Crippen MR) is 265 cm³/mol. The molecule has 2 fully saturated rings. The Balaban J connectivity index is 1.02. The number of unbranched alkanes of at least 4 members (excludes halogenated alkanes) is 7. The zero-order valence-corrected chi connectivity index (χ0v) is 38.7. The molecular formula is C59H62N2O5. The van der Waals surface area contributed by atoms with Crippen molar-refractivity contribution < 1.29 is 23.8 Å². The summed E-state index contributed by atoms with van der Waals surface area (Å²) in [6.45, 7) is 13.1. The molecule has 0 saturated heterocycles. The number of hydrogen-bond donors (Lipinski definition) is 0. The van der Waals surface area contributed by atoms with Gasteiger partial charge in [0, 0.05) is 17.7 Å². The van der Waals surface area contributed by atoms with E-state index in [0.29, 0.717) is 62.2 Å². The third-order valence-corrected chi connectivity index (χ3v) is 14.1. The van der Waals surface area contributed by atoms with Crippen LogP contribution in [-0.2, 0) is 4.74 Å². The monoisotopic (exact) mass is 878 g/mol. The van der Waals surface area contributed by atoms with Crippen LogP contribution in [0.1, 0.15) is 166 Å². The summed E-state index contributed by atoms with van der Waals surface area (Å²) in [5.74, 6) is 1.18. The number of carbonyl (C=O) groups excluding carboxylic acids is 2. The molecule has 0 bridgehead atoms. The number of benzene rings is 6. The molecule has 0 spiro atoms. The molecule has 7 nitrogen and oxygen atoms in total. The van der Waals surface area contributed by atoms with Gasteiger partial charge < -0.3 is 14.2 Å². The second-order valence-electron chi connectivity index (χ2n) is 18.7. The zero-order valence-electron chi connectivity index (χ0n) is 38.7. The summed E-state index contributed by atoms with van der Waals surface area (Å²) in [5.41, 5.74) is 5.33. The highest BCUT2D eigenvalue weighted by Crippen LogP contribution is 2.47. The summed E-state index contributed by atoms with van der Waals surface area (Å²) in [6, 6.07) is 35.7. The lowest BCUT2D eigenvalue weighted by Gasteiger charge is -2.29. The highest BCUT2D eigenvalue weighted by atomic mass is 16.5. The number of rotatable bonds is 17. The molecule has 6 aromatic rings. The average molecular weight is 879 g/mol. The molecule has 0 unspecified atom stereocenters. The van der Waals surface area contributed by atoms with Crippen molar-refractivity contribution in [1.82, 2.24) is 0 Å². The summed E-state index contributed by atoms with van der Waals surface area (Å²) < 4.78 is 18.9. The fraction of sp³-hybridized carbons (Fsp3) is 0.390. The molecule has 7 heteroatoms. The molecule has 66 heavy (non-hydrogen) atoms. The van der Waals surface area contributed by atoms with Gasteiger partial charge in [0.05, 0.1) is 35.4 Å². The predicted octanol–water partition coefficient (Wildman–Crippen LogP) is 16.0. The van der Waals surface area contributed by atoms with Crippen molar-refractivity contribution in [2.75, 3.05) is 6.61 Å². The Kier molecular flexibility index (Phi) is 15.6. The molecular weight excluding hydrogens is 817 g/mol. The fourth-order valence-corrected chi connectivity index (χ4v) is 10.2. The topological polar surface area (TPSA) is 90.0 Å². The van der Waals surface area contributed by atoms with E-state index in [1.807, 2.05) is 72.8 Å². The number of hydrogen-bond acceptors (Lipinski definition) is 6. The van der Waals surface area contributed by atoms with Crippen molar-refractivity contribution in [2.24, 2.45) is 5.92 Å². The standard InChI is InChI=1S/C59H62N2O5/c1-4-5-6-7-8-9-10-11-36-64-51-30-25-45(26-31-51)44-19-23-47(24-20-44)59(63)66-55-35-28-49-38-50(61-3)29-33-53(49)57(55)56-52-32-14-41(39-60)37-48(52)27-34-54(56)65-58(62)46-21-17-43(18-22-46)42-15-12-40(2)13-16-42/h14,17-24,27-29,32-35,37-38,40,42,45,51H,4-13,15-16,25-26,30-31,36H2,1-2H3. The third kappa shape index (κ3) is 11.2. The number of carbonyl (C=O) groups is 2. The number of nitriles is 1. The molecule has 6 aromatic carbocycles. The fourth-order valence-electron chi connectivity index (χ4n) is 10.2. The van der Waals surface area contributed by atoms with Gasteiger partial charge in [0.15, 0.2) is 5.69 Å². The Hall–Kier alpha value is -6.28. The quantitative estimate of drug-likeness (QED) is 0.0392. The van der Waals surface area contributed by atoms with Crippen LogP contribution in [0.3, 0.4) is 0 Å². The van der Waals surface area contributed by atoms with Gasteiger partial charge >= 0.3 is 11.9 Å². The van der Waals surface area contributed by atoms with Crippen LogP contribution in [0.5, 0.6) is 11.5 Å². The van der Waals surface area contributed by atoms with Crippen molar-refractivity contribution in [3.8, 4) is 28.7 Å². The van der Waals surface area contributed by atoms with Gasteiger partial charge in [0.2, 0.25) is 0 Å². The maximum absolute atomic E-state index is 14.1. The Morgan fingerprint density at radius 2 is 1.11 bits per heavy atom. The van der Waals surface area contributed by atoms with E-state index < -0.39 is 11.9 Å². The molecule has 0 radical (unpaired) electrons. The van der Waals surface area contributed by atoms with Crippen LogP contribution in [0.2, 0.25) is 0 Å². The van der Waals surface area contributed by atoms with Crippen molar-refractivity contribution in [3.05, 3.63) is 148 Å². The Morgan fingerprint density at radius 3 is 1.64 bits per heavy atom. The lowest BCUT2D eigenvalue weighted by atomic mass is 9.79. The van der Waals surface area contributed by atoms with Crippen LogP contribution in [-0.4, -0.2) is 24.6 Å². The minimum absolute atomic E-state index is 0.276. The second-order valence-corrected chi connectivity index (χ2v) is 18.7. The summed E-state index contributed by atoms with van der Waals surface area (Å²) >= 11 is 0. The first-order valence-electron chi connectivity index (χ1n) is 24.5. The average Bonchev–Trinajstić information content (AvgIpc) is 3.36. The summed E-state index contributed by atoms with van der Waals surface area (Å²) in [4.78, 5) is 31.8. The van der Waals surface area contributed by atoms with Crippen LogP contribution in [0, 0.1) is 23.8 Å². The van der Waals surface area contributed by atoms with E-state index in [1.165, 1.54) is 68.9 Å². The lowest BCUT2D eigenvalue weighted by Crippen LogP contribution is -2.21. The van der Waals surface area contributed by atoms with Gasteiger partial charge in [-0.1, -0.05) is 126 Å². The first kappa shape index (κ1) is 46.3. The highest BCUT2D eigenvalue weighted by molar-refractivity contribution is 6.12. The summed E-state index contributed by atoms with van der Waals surface area (Å²) in [7, 11) is 0. The van der Waals surface area contributed by atoms with E-state index in [1.54, 1.807) is 36.4 Å². The Bertz CT molecular complexity index is 2710. The lowest BCUT2D eigenvalue weighted by molar-refractivity contribution is 0.0226. The number of esters is 2. The van der Waals surface area contributed by atoms with Crippen molar-refractivity contribution in [3.63, 3.8) is 0 Å². The highest BCUT2D eigenvalue weighted by Gasteiger charge is 2.26. The van der Waals surface area contributed by atoms with Crippen LogP contribution in [0.15, 0.2) is 109 Å². The molecule has 0 heterocycles. The normalized spacial score (nSPS) is 18.4. The molecule has 0 aromatic heterocycles. The van der Waals surface area contributed by atoms with Gasteiger partial charge in [-0.3, -0.25) is 0 Å². The smallest absolute Gasteiger partial charge is 0.343 e. The van der Waals surface area contributed by atoms with Gasteiger partial charge in [-0.25, -0.2) is 14.4 Å². The largest absolute Gasteiger partial charge is 0.422 e. The zero-order chi connectivity index (χ0) is 45.8. The minimum Gasteiger partial charge on any atom is -0.422 e. The molecule has 2 saturated carbocycles. The molecule has 8 rings (SSSR count). The minimum atomic E-state index is -0.518. The maximum Gasteiger partial charge on any atom is 0.343 e. The van der Waals surface area contributed by atoms with E-state index in [0.717, 1.165) is 68.2 Å². The molecule has 338 valence electrons. The first-order chi connectivity index (χ1) is 32.3. The van der Waals surface area contributed by atoms with Gasteiger partial charge in [-0.2, -0.15) is 5.26 Å². The van der Waals surface area contributed by atoms with Crippen molar-refractivity contribution >= 4 is 39.2 Å². The maximum atomic E-state index is 14.1. The molecule has 2 aliphatic carbocycles. The number of nitrogens with zero attached hydrogens (tertiary/aromatic N) is 2. The molecule has 0 N–H and O–H groups in total. The SMILES string of the molecule is [C-]#[N+]c1ccc2c(-c3c(OC(=O)c4ccc(C5CCC(C)CC5)cc4)ccc4cc(C#N)ccc34)c(OC(=O)c3ccc(C4CCC(OCCCCCCCCCC)CC4)cc3)ccc2c1. The van der Waals surface area contributed by atoms with Crippen molar-refractivity contribution in [2.45, 2.75) is 135 Å². The van der Waals surface area contributed by atoms with E-state index in [4.69, 9.17) is 20.8 Å². The van der Waals surface area contributed by atoms with Gasteiger partial charge in [0.1, 0.15) is 11.5 Å². The second kappa shape index (κ2) is 22.3. The number of fused-ring (bicyclic) bond motifs is 2. The first-order valence-corrected chi connectivity index (χ1v) is 24.5. The molecule has 0 aliphatic heterocycles. The van der Waals surface area contributed by atoms with Crippen LogP contribution < -0.4 is 9.47 Å². The van der Waals surface area contributed by atoms with Crippen LogP contribution in [0.25, 0.3) is 37.5 Å². The van der Waals surface area contributed by atoms with E-state index in [2.05, 4.69) is 24.8 Å². The van der Waals surface area contributed by atoms with Crippen LogP contribution >= 0.6 is 0 Å². The van der Waals surface area contributed by atoms with Gasteiger partial charge in [0.25, 0.3) is 0 Å². The Labute approximate surface area is 390 Å². The van der Waals surface area contributed by atoms with Gasteiger partial charge in [-0.15, -0.1) is 0 Å². The molecule has 2 aliphatic rings. The Morgan fingerprint density at radius 1 is 0.606 bits per heavy atom. The molecule has 0 atom stereocenters. The van der Waals surface area contributed by atoms with E-state index in [9.17, 15) is 14.9 Å². The van der Waals surface area contributed by atoms with E-state index >= 15 is 0 Å². The van der Waals surface area contributed by atoms with E-state index in [-0.39, 0.29) is 11.5 Å². The summed E-state index contributed by atoms with van der Waals surface area (Å²) in [5, 5.41) is 12.7. The summed E-state index contributed by atoms with van der Waals surface area (Å²) in [6.07, 6.45) is 19.6. The number of ether oxygens (including phenoxy) is 3. The van der Waals surface area contributed by atoms with Crippen LogP contribution in [0.4, 0.5) is 5.69 Å². The third-order valence-electron chi connectivity index (χ3n) is 14.1. The van der Waals surface area contributed by atoms with Gasteiger partial charge in [-0.05, 0) is 150 Å².